The molecule has 2 amide bonds. The zero-order chi connectivity index (χ0) is 33.7. The SMILES string of the molecule is CCn1cc(NC(=O)Nc2nnc(-c3cn(CC)c4c(F)c(N5CCN(C)C(C)C5)c(F)cc4c3=O)s2)c(=O)c2cc(F)c(Cl)cc21. The van der Waals surface area contributed by atoms with Gasteiger partial charge in [0.25, 0.3) is 0 Å². The van der Waals surface area contributed by atoms with Crippen molar-refractivity contribution in [2.24, 2.45) is 0 Å². The summed E-state index contributed by atoms with van der Waals surface area (Å²) in [5, 5.41) is 12.8. The molecule has 0 aliphatic carbocycles. The van der Waals surface area contributed by atoms with Gasteiger partial charge in [0.15, 0.2) is 16.3 Å². The van der Waals surface area contributed by atoms with Crippen LogP contribution in [0.1, 0.15) is 20.8 Å². The molecule has 0 bridgehead atoms. The molecule has 1 aliphatic rings. The predicted molar refractivity (Wildman–Crippen MR) is 178 cm³/mol. The van der Waals surface area contributed by atoms with Crippen LogP contribution in [0.4, 0.5) is 34.5 Å². The quantitative estimate of drug-likeness (QED) is 0.234. The number of piperazine rings is 1. The van der Waals surface area contributed by atoms with Gasteiger partial charge in [-0.2, -0.15) is 0 Å². The minimum atomic E-state index is -0.833. The van der Waals surface area contributed by atoms with Crippen LogP contribution >= 0.6 is 22.9 Å². The molecule has 5 aromatic rings. The number of pyridine rings is 2. The van der Waals surface area contributed by atoms with Gasteiger partial charge < -0.3 is 24.3 Å². The predicted octanol–water partition coefficient (Wildman–Crippen LogP) is 5.73. The normalized spacial score (nSPS) is 15.5. The lowest BCUT2D eigenvalue weighted by atomic mass is 10.1. The van der Waals surface area contributed by atoms with E-state index >= 15 is 8.78 Å². The lowest BCUT2D eigenvalue weighted by Crippen LogP contribution is -2.50. The van der Waals surface area contributed by atoms with Crippen LogP contribution in [0.15, 0.2) is 40.2 Å². The van der Waals surface area contributed by atoms with Gasteiger partial charge in [-0.3, -0.25) is 14.9 Å². The highest BCUT2D eigenvalue weighted by Gasteiger charge is 2.29. The van der Waals surface area contributed by atoms with Crippen molar-refractivity contribution in [3.05, 3.63) is 73.5 Å². The van der Waals surface area contributed by atoms with Crippen LogP contribution in [0.5, 0.6) is 0 Å². The van der Waals surface area contributed by atoms with Gasteiger partial charge in [0.2, 0.25) is 10.6 Å². The van der Waals surface area contributed by atoms with Crippen LogP contribution in [0.3, 0.4) is 0 Å². The number of anilines is 3. The van der Waals surface area contributed by atoms with Crippen molar-refractivity contribution in [1.82, 2.24) is 24.2 Å². The smallest absolute Gasteiger partial charge is 0.325 e. The van der Waals surface area contributed by atoms with Crippen LogP contribution in [0, 0.1) is 17.5 Å². The highest BCUT2D eigenvalue weighted by molar-refractivity contribution is 7.18. The standard InChI is InChI=1S/C31H30ClF3N8O3S/c1-5-41-14-22(28(45)16-9-20(33)19(32)11-23(16)41)36-30(46)37-31-39-38-29(47-31)18-13-42(6-2)25-17(27(18)44)10-21(34)26(24(25)35)43-8-7-40(4)15(3)12-43/h9-11,13-15H,5-8,12H2,1-4H3,(H2,36,37,39,46). The molecule has 0 spiro atoms. The average Bonchev–Trinajstić information content (AvgIpc) is 3.49. The second-order valence-electron chi connectivity index (χ2n) is 11.3. The Morgan fingerprint density at radius 3 is 2.40 bits per heavy atom. The molecule has 1 saturated heterocycles. The fraction of sp³-hybridized carbons (Fsp3) is 0.323. The molecule has 47 heavy (non-hydrogen) atoms. The van der Waals surface area contributed by atoms with E-state index in [2.05, 4.69) is 25.7 Å². The van der Waals surface area contributed by atoms with Crippen molar-refractivity contribution in [2.45, 2.75) is 39.9 Å². The highest BCUT2D eigenvalue weighted by atomic mass is 35.5. The van der Waals surface area contributed by atoms with Crippen LogP contribution in [0.2, 0.25) is 5.02 Å². The summed E-state index contributed by atoms with van der Waals surface area (Å²) in [4.78, 5) is 43.3. The number of carbonyl (C=O) groups is 1. The summed E-state index contributed by atoms with van der Waals surface area (Å²) in [6.45, 7) is 7.74. The summed E-state index contributed by atoms with van der Waals surface area (Å²) in [5.41, 5.74) is -1.09. The van der Waals surface area contributed by atoms with Crippen LogP contribution in [-0.4, -0.2) is 63.0 Å². The Labute approximate surface area is 275 Å². The molecule has 1 unspecified atom stereocenters. The number of nitrogens with one attached hydrogen (secondary N) is 2. The van der Waals surface area contributed by atoms with Crippen LogP contribution < -0.4 is 26.4 Å². The minimum absolute atomic E-state index is 0.00799. The molecule has 0 saturated carbocycles. The summed E-state index contributed by atoms with van der Waals surface area (Å²) in [6, 6.07) is 2.68. The first-order valence-corrected chi connectivity index (χ1v) is 16.1. The first kappa shape index (κ1) is 32.5. The highest BCUT2D eigenvalue weighted by Crippen LogP contribution is 2.33. The van der Waals surface area contributed by atoms with E-state index in [1.165, 1.54) is 23.0 Å². The van der Waals surface area contributed by atoms with E-state index in [1.807, 2.05) is 20.9 Å². The molecule has 3 aromatic heterocycles. The number of rotatable bonds is 6. The van der Waals surface area contributed by atoms with E-state index in [9.17, 15) is 18.8 Å². The number of carbonyl (C=O) groups excluding carboxylic acids is 1. The topological polar surface area (TPSA) is 117 Å². The maximum atomic E-state index is 16.0. The van der Waals surface area contributed by atoms with E-state index in [1.54, 1.807) is 16.4 Å². The maximum Gasteiger partial charge on any atom is 0.325 e. The second-order valence-corrected chi connectivity index (χ2v) is 12.7. The Hall–Kier alpha value is -4.47. The Bertz CT molecular complexity index is 2190. The molecule has 1 atom stereocenters. The number of fused-ring (bicyclic) bond motifs is 2. The van der Waals surface area contributed by atoms with Crippen molar-refractivity contribution in [3.63, 3.8) is 0 Å². The molecule has 0 radical (unpaired) electrons. The van der Waals surface area contributed by atoms with Crippen molar-refractivity contribution in [2.75, 3.05) is 42.2 Å². The summed E-state index contributed by atoms with van der Waals surface area (Å²) in [6.07, 6.45) is 2.86. The third-order valence-electron chi connectivity index (χ3n) is 8.43. The number of amides is 2. The third kappa shape index (κ3) is 5.83. The monoisotopic (exact) mass is 686 g/mol. The first-order valence-electron chi connectivity index (χ1n) is 14.9. The van der Waals surface area contributed by atoms with E-state index < -0.39 is 34.3 Å². The summed E-state index contributed by atoms with van der Waals surface area (Å²) < 4.78 is 48.9. The molecular formula is C31H30ClF3N8O3S. The zero-order valence-electron chi connectivity index (χ0n) is 25.8. The Balaban J connectivity index is 1.30. The maximum absolute atomic E-state index is 16.0. The molecule has 16 heteroatoms. The number of likely N-dealkylation sites (N-methyl/N-ethyl adjacent to an activating group) is 1. The Morgan fingerprint density at radius 1 is 0.979 bits per heavy atom. The zero-order valence-corrected chi connectivity index (χ0v) is 27.4. The van der Waals surface area contributed by atoms with Crippen molar-refractivity contribution in [3.8, 4) is 10.6 Å². The van der Waals surface area contributed by atoms with Crippen molar-refractivity contribution in [1.29, 1.82) is 0 Å². The molecule has 1 fully saturated rings. The largest absolute Gasteiger partial charge is 0.364 e. The summed E-state index contributed by atoms with van der Waals surface area (Å²) >= 11 is 6.77. The van der Waals surface area contributed by atoms with E-state index in [0.29, 0.717) is 31.7 Å². The first-order chi connectivity index (χ1) is 22.4. The number of hydrogen-bond donors (Lipinski definition) is 2. The van der Waals surface area contributed by atoms with Gasteiger partial charge >= 0.3 is 6.03 Å². The number of halogens is 4. The number of aromatic nitrogens is 4. The van der Waals surface area contributed by atoms with Crippen LogP contribution in [-0.2, 0) is 13.1 Å². The van der Waals surface area contributed by atoms with Gasteiger partial charge in [0, 0.05) is 51.2 Å². The molecule has 2 N–H and O–H groups in total. The molecule has 6 rings (SSSR count). The molecule has 11 nitrogen and oxygen atoms in total. The van der Waals surface area contributed by atoms with Crippen molar-refractivity contribution < 1.29 is 18.0 Å². The second kappa shape index (κ2) is 12.6. The fourth-order valence-electron chi connectivity index (χ4n) is 5.79. The third-order valence-corrected chi connectivity index (χ3v) is 9.59. The summed E-state index contributed by atoms with van der Waals surface area (Å²) in [7, 11) is 1.96. The lowest BCUT2D eigenvalue weighted by Gasteiger charge is -2.39. The van der Waals surface area contributed by atoms with Crippen LogP contribution in [0.25, 0.3) is 32.4 Å². The number of hydrogen-bond acceptors (Lipinski definition) is 8. The van der Waals surface area contributed by atoms with Gasteiger partial charge in [-0.25, -0.2) is 18.0 Å². The molecule has 2 aromatic carbocycles. The van der Waals surface area contributed by atoms with E-state index in [0.717, 1.165) is 23.5 Å². The van der Waals surface area contributed by atoms with Gasteiger partial charge in [-0.05, 0) is 46.0 Å². The fourth-order valence-corrected chi connectivity index (χ4v) is 6.69. The Kier molecular flexibility index (Phi) is 8.72. The lowest BCUT2D eigenvalue weighted by molar-refractivity contribution is 0.232. The van der Waals surface area contributed by atoms with Gasteiger partial charge in [-0.15, -0.1) is 10.2 Å². The van der Waals surface area contributed by atoms with Crippen molar-refractivity contribution >= 4 is 67.3 Å². The molecule has 1 aliphatic heterocycles. The van der Waals surface area contributed by atoms with E-state index in [4.69, 9.17) is 11.6 Å². The number of nitrogens with zero attached hydrogens (tertiary/aromatic N) is 6. The van der Waals surface area contributed by atoms with Gasteiger partial charge in [0.1, 0.15) is 23.0 Å². The van der Waals surface area contributed by atoms with E-state index in [-0.39, 0.29) is 61.0 Å². The summed E-state index contributed by atoms with van der Waals surface area (Å²) in [5.74, 6) is -2.41. The molecule has 4 heterocycles. The average molecular weight is 687 g/mol. The molecular weight excluding hydrogens is 657 g/mol. The minimum Gasteiger partial charge on any atom is -0.364 e. The van der Waals surface area contributed by atoms with Gasteiger partial charge in [-0.1, -0.05) is 22.9 Å². The number of benzene rings is 2. The Morgan fingerprint density at radius 2 is 1.70 bits per heavy atom. The molecule has 246 valence electrons. The number of aryl methyl sites for hydroxylation is 2. The number of urea groups is 1. The van der Waals surface area contributed by atoms with Gasteiger partial charge in [0.05, 0.1) is 32.4 Å².